The average Bonchev–Trinajstić information content (AvgIpc) is 2.82. The standard InChI is InChI=1S/C18H27NO2/c1-6-18(17(20)21)8-7-9-19(18)15(5)16-13(3)10-12(2)11-14(16)4/h10-11,15H,6-9H2,1-5H3,(H,20,21). The summed E-state index contributed by atoms with van der Waals surface area (Å²) >= 11 is 0. The van der Waals surface area contributed by atoms with Gasteiger partial charge >= 0.3 is 5.97 Å². The fourth-order valence-corrected chi connectivity index (χ4v) is 4.23. The normalized spacial score (nSPS) is 24.2. The second-order valence-electron chi connectivity index (χ2n) is 6.48. The molecule has 116 valence electrons. The van der Waals surface area contributed by atoms with Crippen LogP contribution in [0.15, 0.2) is 12.1 Å². The summed E-state index contributed by atoms with van der Waals surface area (Å²) in [6.45, 7) is 11.4. The molecule has 0 spiro atoms. The van der Waals surface area contributed by atoms with E-state index in [-0.39, 0.29) is 6.04 Å². The summed E-state index contributed by atoms with van der Waals surface area (Å²) in [5.41, 5.74) is 4.40. The Bertz CT molecular complexity index is 529. The van der Waals surface area contributed by atoms with Gasteiger partial charge < -0.3 is 5.11 Å². The van der Waals surface area contributed by atoms with E-state index >= 15 is 0 Å². The van der Waals surface area contributed by atoms with E-state index in [1.807, 2.05) is 6.92 Å². The van der Waals surface area contributed by atoms with Gasteiger partial charge in [-0.25, -0.2) is 0 Å². The second-order valence-corrected chi connectivity index (χ2v) is 6.48. The predicted molar refractivity (Wildman–Crippen MR) is 85.7 cm³/mol. The van der Waals surface area contributed by atoms with E-state index in [9.17, 15) is 9.90 Å². The van der Waals surface area contributed by atoms with Crippen LogP contribution >= 0.6 is 0 Å². The van der Waals surface area contributed by atoms with Crippen LogP contribution in [-0.4, -0.2) is 28.1 Å². The lowest BCUT2D eigenvalue weighted by molar-refractivity contribution is -0.151. The van der Waals surface area contributed by atoms with Crippen LogP contribution in [0.2, 0.25) is 0 Å². The number of likely N-dealkylation sites (tertiary alicyclic amines) is 1. The van der Waals surface area contributed by atoms with Crippen LogP contribution in [0.4, 0.5) is 0 Å². The minimum absolute atomic E-state index is 0.143. The first kappa shape index (κ1) is 16.0. The zero-order chi connectivity index (χ0) is 15.8. The second kappa shape index (κ2) is 5.80. The molecule has 1 aliphatic heterocycles. The maximum Gasteiger partial charge on any atom is 0.324 e. The van der Waals surface area contributed by atoms with Crippen molar-refractivity contribution in [1.82, 2.24) is 4.90 Å². The van der Waals surface area contributed by atoms with Crippen molar-refractivity contribution in [3.63, 3.8) is 0 Å². The highest BCUT2D eigenvalue weighted by molar-refractivity contribution is 5.79. The summed E-state index contributed by atoms with van der Waals surface area (Å²) in [5.74, 6) is -0.670. The molecular weight excluding hydrogens is 262 g/mol. The topological polar surface area (TPSA) is 40.5 Å². The number of carboxylic acids is 1. The third-order valence-corrected chi connectivity index (χ3v) is 5.15. The van der Waals surface area contributed by atoms with Crippen molar-refractivity contribution < 1.29 is 9.90 Å². The van der Waals surface area contributed by atoms with Crippen LogP contribution in [0.3, 0.4) is 0 Å². The molecule has 1 saturated heterocycles. The number of carbonyl (C=O) groups is 1. The zero-order valence-corrected chi connectivity index (χ0v) is 13.9. The molecule has 0 aliphatic carbocycles. The summed E-state index contributed by atoms with van der Waals surface area (Å²) < 4.78 is 0. The van der Waals surface area contributed by atoms with Crippen LogP contribution in [-0.2, 0) is 4.79 Å². The molecule has 1 aromatic carbocycles. The predicted octanol–water partition coefficient (Wildman–Crippen LogP) is 4.00. The molecule has 21 heavy (non-hydrogen) atoms. The summed E-state index contributed by atoms with van der Waals surface area (Å²) in [6.07, 6.45) is 2.39. The van der Waals surface area contributed by atoms with E-state index in [2.05, 4.69) is 44.7 Å². The molecule has 2 atom stereocenters. The van der Waals surface area contributed by atoms with Gasteiger partial charge in [0.15, 0.2) is 0 Å². The van der Waals surface area contributed by atoms with Crippen LogP contribution in [0.25, 0.3) is 0 Å². The molecule has 3 heteroatoms. The Balaban J connectivity index is 2.44. The number of rotatable bonds is 4. The number of aryl methyl sites for hydroxylation is 3. The minimum atomic E-state index is -0.691. The molecular formula is C18H27NO2. The molecule has 0 aromatic heterocycles. The highest BCUT2D eigenvalue weighted by atomic mass is 16.4. The number of hydrogen-bond acceptors (Lipinski definition) is 2. The van der Waals surface area contributed by atoms with Crippen molar-refractivity contribution in [2.24, 2.45) is 0 Å². The van der Waals surface area contributed by atoms with Gasteiger partial charge in [-0.15, -0.1) is 0 Å². The highest BCUT2D eigenvalue weighted by Gasteiger charge is 2.48. The average molecular weight is 289 g/mol. The van der Waals surface area contributed by atoms with Gasteiger partial charge in [0.05, 0.1) is 0 Å². The van der Waals surface area contributed by atoms with Crippen molar-refractivity contribution in [2.75, 3.05) is 6.54 Å². The Morgan fingerprint density at radius 1 is 1.33 bits per heavy atom. The molecule has 0 saturated carbocycles. The van der Waals surface area contributed by atoms with Gasteiger partial charge in [0.2, 0.25) is 0 Å². The highest BCUT2D eigenvalue weighted by Crippen LogP contribution is 2.41. The third kappa shape index (κ3) is 2.59. The maximum absolute atomic E-state index is 11.9. The monoisotopic (exact) mass is 289 g/mol. The van der Waals surface area contributed by atoms with Gasteiger partial charge in [-0.05, 0) is 70.2 Å². The number of benzene rings is 1. The fraction of sp³-hybridized carbons (Fsp3) is 0.611. The van der Waals surface area contributed by atoms with Gasteiger partial charge in [0, 0.05) is 6.04 Å². The minimum Gasteiger partial charge on any atom is -0.480 e. The van der Waals surface area contributed by atoms with Gasteiger partial charge in [0.25, 0.3) is 0 Å². The van der Waals surface area contributed by atoms with Crippen LogP contribution < -0.4 is 0 Å². The quantitative estimate of drug-likeness (QED) is 0.910. The van der Waals surface area contributed by atoms with E-state index in [1.54, 1.807) is 0 Å². The summed E-state index contributed by atoms with van der Waals surface area (Å²) in [7, 11) is 0. The molecule has 3 nitrogen and oxygen atoms in total. The number of nitrogens with zero attached hydrogens (tertiary/aromatic N) is 1. The van der Waals surface area contributed by atoms with Crippen LogP contribution in [0.1, 0.15) is 61.4 Å². The summed E-state index contributed by atoms with van der Waals surface area (Å²) in [6, 6.07) is 4.54. The van der Waals surface area contributed by atoms with Crippen molar-refractivity contribution in [3.05, 3.63) is 34.4 Å². The third-order valence-electron chi connectivity index (χ3n) is 5.15. The van der Waals surface area contributed by atoms with Crippen LogP contribution in [0, 0.1) is 20.8 Å². The molecule has 2 rings (SSSR count). The Morgan fingerprint density at radius 3 is 2.38 bits per heavy atom. The van der Waals surface area contributed by atoms with Crippen LogP contribution in [0.5, 0.6) is 0 Å². The van der Waals surface area contributed by atoms with Crippen molar-refractivity contribution >= 4 is 5.97 Å². The molecule has 0 radical (unpaired) electrons. The molecule has 0 bridgehead atoms. The number of aliphatic carboxylic acids is 1. The van der Waals surface area contributed by atoms with Crippen molar-refractivity contribution in [1.29, 1.82) is 0 Å². The Hall–Kier alpha value is -1.35. The van der Waals surface area contributed by atoms with E-state index in [0.717, 1.165) is 19.4 Å². The van der Waals surface area contributed by atoms with E-state index in [4.69, 9.17) is 0 Å². The Labute approximate surface area is 128 Å². The Kier molecular flexibility index (Phi) is 4.43. The Morgan fingerprint density at radius 2 is 1.90 bits per heavy atom. The summed E-state index contributed by atoms with van der Waals surface area (Å²) in [5, 5.41) is 9.77. The SMILES string of the molecule is CCC1(C(=O)O)CCCN1C(C)c1c(C)cc(C)cc1C. The van der Waals surface area contributed by atoms with Crippen molar-refractivity contribution in [2.45, 2.75) is 65.5 Å². The first-order valence-corrected chi connectivity index (χ1v) is 7.91. The van der Waals surface area contributed by atoms with Gasteiger partial charge in [-0.3, -0.25) is 9.69 Å². The molecule has 1 aliphatic rings. The van der Waals surface area contributed by atoms with Gasteiger partial charge in [0.1, 0.15) is 5.54 Å². The molecule has 0 amide bonds. The number of carboxylic acid groups (broad SMARTS) is 1. The van der Waals surface area contributed by atoms with E-state index in [0.29, 0.717) is 6.42 Å². The fourth-order valence-electron chi connectivity index (χ4n) is 4.23. The van der Waals surface area contributed by atoms with Gasteiger partial charge in [-0.2, -0.15) is 0 Å². The van der Waals surface area contributed by atoms with Crippen molar-refractivity contribution in [3.8, 4) is 0 Å². The van der Waals surface area contributed by atoms with E-state index in [1.165, 1.54) is 22.3 Å². The first-order valence-electron chi connectivity index (χ1n) is 7.91. The van der Waals surface area contributed by atoms with Gasteiger partial charge in [-0.1, -0.05) is 24.6 Å². The van der Waals surface area contributed by atoms with E-state index < -0.39 is 11.5 Å². The molecule has 1 heterocycles. The molecule has 1 aromatic rings. The molecule has 1 fully saturated rings. The number of hydrogen-bond donors (Lipinski definition) is 1. The molecule has 1 N–H and O–H groups in total. The lowest BCUT2D eigenvalue weighted by Gasteiger charge is -2.39. The largest absolute Gasteiger partial charge is 0.480 e. The lowest BCUT2D eigenvalue weighted by atomic mass is 9.88. The first-order chi connectivity index (χ1) is 9.83. The maximum atomic E-state index is 11.9. The smallest absolute Gasteiger partial charge is 0.324 e. The zero-order valence-electron chi connectivity index (χ0n) is 13.9. The lowest BCUT2D eigenvalue weighted by Crippen LogP contribution is -2.51. The molecule has 2 unspecified atom stereocenters. The summed E-state index contributed by atoms with van der Waals surface area (Å²) in [4.78, 5) is 14.1.